The summed E-state index contributed by atoms with van der Waals surface area (Å²) in [6.45, 7) is 4.89. The van der Waals surface area contributed by atoms with Crippen LogP contribution in [-0.4, -0.2) is 51.4 Å². The van der Waals surface area contributed by atoms with E-state index in [0.29, 0.717) is 35.1 Å². The van der Waals surface area contributed by atoms with Gasteiger partial charge in [-0.3, -0.25) is 14.3 Å². The molecule has 0 radical (unpaired) electrons. The molecule has 42 heavy (non-hydrogen) atoms. The average molecular weight is 615 g/mol. The van der Waals surface area contributed by atoms with E-state index in [4.69, 9.17) is 27.9 Å². The fourth-order valence-electron chi connectivity index (χ4n) is 7.21. The van der Waals surface area contributed by atoms with Gasteiger partial charge in [0.25, 0.3) is 0 Å². The van der Waals surface area contributed by atoms with Gasteiger partial charge in [0, 0.05) is 35.0 Å². The summed E-state index contributed by atoms with van der Waals surface area (Å²) in [6, 6.07) is 9.18. The number of halogens is 3. The third-order valence-electron chi connectivity index (χ3n) is 9.57. The molecular weight excluding hydrogens is 580 g/mol. The Morgan fingerprint density at radius 2 is 2.00 bits per heavy atom. The molecule has 2 heterocycles. The molecule has 3 unspecified atom stereocenters. The molecule has 0 bridgehead atoms. The van der Waals surface area contributed by atoms with Crippen LogP contribution in [0.4, 0.5) is 4.39 Å². The Labute approximate surface area is 254 Å². The Kier molecular flexibility index (Phi) is 7.46. The fourth-order valence-corrected chi connectivity index (χ4v) is 7.50. The van der Waals surface area contributed by atoms with Crippen molar-refractivity contribution in [1.29, 1.82) is 0 Å². The minimum Gasteiger partial charge on any atom is -0.496 e. The van der Waals surface area contributed by atoms with Gasteiger partial charge in [0.2, 0.25) is 11.8 Å². The Bertz CT molecular complexity index is 1540. The molecule has 1 aliphatic heterocycles. The zero-order chi connectivity index (χ0) is 29.8. The van der Waals surface area contributed by atoms with Gasteiger partial charge in [-0.1, -0.05) is 40.9 Å². The number of methoxy groups -OCH3 is 1. The Balaban J connectivity index is 1.21. The van der Waals surface area contributed by atoms with Crippen LogP contribution in [0.1, 0.15) is 57.6 Å². The number of nitrogens with one attached hydrogen (secondary N) is 1. The molecular formula is C31H34Cl2FN5O3. The summed E-state index contributed by atoms with van der Waals surface area (Å²) in [6.07, 6.45) is 6.35. The molecule has 2 amide bonds. The van der Waals surface area contributed by atoms with Crippen molar-refractivity contribution in [2.24, 2.45) is 16.7 Å². The van der Waals surface area contributed by atoms with Crippen LogP contribution in [0.2, 0.25) is 10.0 Å². The highest BCUT2D eigenvalue weighted by atomic mass is 35.5. The molecule has 1 spiro atoms. The van der Waals surface area contributed by atoms with Crippen LogP contribution in [0.25, 0.3) is 11.3 Å². The molecule has 1 N–H and O–H groups in total. The van der Waals surface area contributed by atoms with Crippen LogP contribution >= 0.6 is 23.2 Å². The zero-order valence-corrected chi connectivity index (χ0v) is 25.4. The minimum atomic E-state index is -0.637. The monoisotopic (exact) mass is 613 g/mol. The standard InChI is InChI=1S/C31H34Cl2FN5O3/c1-18(2)39-27(40)13-22(28(39)19-5-7-23(33)24(34)11-19)29(41)35-16-31(15-30(31)9-4-10-30)17-38-14-25(36-37-38)21-12-20(32)6-8-26(21)42-3/h5-8,11-12,14,18,22,28H,4,9-10,13,15-17H2,1-3H3,(H,35,41). The number of ether oxygens (including phenoxy) is 1. The second-order valence-electron chi connectivity index (χ2n) is 12.3. The number of carbonyl (C=O) groups excluding carboxylic acids is 2. The van der Waals surface area contributed by atoms with Gasteiger partial charge in [0.15, 0.2) is 0 Å². The summed E-state index contributed by atoms with van der Waals surface area (Å²) in [5.74, 6) is -0.860. The fraction of sp³-hybridized carbons (Fsp3) is 0.484. The number of likely N-dealkylation sites (tertiary alicyclic amines) is 1. The number of benzene rings is 2. The number of aromatic nitrogens is 3. The molecule has 2 saturated carbocycles. The van der Waals surface area contributed by atoms with Crippen molar-refractivity contribution in [3.8, 4) is 17.0 Å². The predicted molar refractivity (Wildman–Crippen MR) is 158 cm³/mol. The van der Waals surface area contributed by atoms with E-state index in [2.05, 4.69) is 15.6 Å². The summed E-state index contributed by atoms with van der Waals surface area (Å²) in [4.78, 5) is 28.5. The molecule has 2 aliphatic carbocycles. The van der Waals surface area contributed by atoms with E-state index in [1.165, 1.54) is 18.6 Å². The van der Waals surface area contributed by atoms with Crippen LogP contribution in [0.15, 0.2) is 42.6 Å². The van der Waals surface area contributed by atoms with Crippen molar-refractivity contribution in [2.75, 3.05) is 13.7 Å². The average Bonchev–Trinajstić information content (AvgIpc) is 3.18. The van der Waals surface area contributed by atoms with Gasteiger partial charge in [-0.05, 0) is 74.4 Å². The third kappa shape index (κ3) is 4.94. The molecule has 1 saturated heterocycles. The number of rotatable bonds is 9. The lowest BCUT2D eigenvalue weighted by molar-refractivity contribution is -0.130. The molecule has 3 aromatic rings. The van der Waals surface area contributed by atoms with Gasteiger partial charge in [0.05, 0.1) is 36.8 Å². The molecule has 8 nitrogen and oxygen atoms in total. The topological polar surface area (TPSA) is 89.4 Å². The second-order valence-corrected chi connectivity index (χ2v) is 13.1. The van der Waals surface area contributed by atoms with Crippen LogP contribution in [0, 0.1) is 22.6 Å². The first-order valence-electron chi connectivity index (χ1n) is 14.3. The molecule has 1 aromatic heterocycles. The highest BCUT2D eigenvalue weighted by molar-refractivity contribution is 6.31. The maximum atomic E-state index is 14.4. The SMILES string of the molecule is COc1ccc(Cl)cc1-c1cn(CC2(CNC(=O)C3CC(=O)N(C(C)C)C3c3ccc(Cl)c(F)c3)CC23CCC3)nn1. The number of hydrogen-bond acceptors (Lipinski definition) is 5. The lowest BCUT2D eigenvalue weighted by Crippen LogP contribution is -2.42. The van der Waals surface area contributed by atoms with E-state index in [9.17, 15) is 14.0 Å². The lowest BCUT2D eigenvalue weighted by atomic mass is 9.75. The summed E-state index contributed by atoms with van der Waals surface area (Å²) in [7, 11) is 1.60. The Morgan fingerprint density at radius 3 is 2.64 bits per heavy atom. The molecule has 222 valence electrons. The highest BCUT2D eigenvalue weighted by Gasteiger charge is 2.69. The van der Waals surface area contributed by atoms with E-state index < -0.39 is 17.8 Å². The quantitative estimate of drug-likeness (QED) is 0.316. The zero-order valence-electron chi connectivity index (χ0n) is 23.9. The van der Waals surface area contributed by atoms with Gasteiger partial charge >= 0.3 is 0 Å². The van der Waals surface area contributed by atoms with Crippen LogP contribution < -0.4 is 10.1 Å². The molecule has 3 atom stereocenters. The first-order chi connectivity index (χ1) is 20.1. The predicted octanol–water partition coefficient (Wildman–Crippen LogP) is 6.07. The van der Waals surface area contributed by atoms with Crippen molar-refractivity contribution in [1.82, 2.24) is 25.2 Å². The summed E-state index contributed by atoms with van der Waals surface area (Å²) >= 11 is 12.2. The van der Waals surface area contributed by atoms with E-state index in [0.717, 1.165) is 24.8 Å². The molecule has 11 heteroatoms. The maximum absolute atomic E-state index is 14.4. The van der Waals surface area contributed by atoms with E-state index >= 15 is 0 Å². The van der Waals surface area contributed by atoms with Crippen LogP contribution in [0.3, 0.4) is 0 Å². The molecule has 3 fully saturated rings. The largest absolute Gasteiger partial charge is 0.496 e. The van der Waals surface area contributed by atoms with Crippen molar-refractivity contribution in [3.63, 3.8) is 0 Å². The van der Waals surface area contributed by atoms with Gasteiger partial charge in [-0.2, -0.15) is 0 Å². The van der Waals surface area contributed by atoms with E-state index in [-0.39, 0.29) is 40.1 Å². The summed E-state index contributed by atoms with van der Waals surface area (Å²) in [5.41, 5.74) is 2.01. The summed E-state index contributed by atoms with van der Waals surface area (Å²) < 4.78 is 21.8. The van der Waals surface area contributed by atoms with Crippen molar-refractivity contribution >= 4 is 35.0 Å². The third-order valence-corrected chi connectivity index (χ3v) is 10.1. The highest BCUT2D eigenvalue weighted by Crippen LogP contribution is 2.74. The molecule has 3 aliphatic rings. The lowest BCUT2D eigenvalue weighted by Gasteiger charge is -2.34. The number of carbonyl (C=O) groups is 2. The van der Waals surface area contributed by atoms with Gasteiger partial charge < -0.3 is 15.0 Å². The van der Waals surface area contributed by atoms with Crippen molar-refractivity contribution < 1.29 is 18.7 Å². The first kappa shape index (κ1) is 28.9. The smallest absolute Gasteiger partial charge is 0.226 e. The van der Waals surface area contributed by atoms with E-state index in [1.807, 2.05) is 30.8 Å². The second kappa shape index (κ2) is 10.8. The maximum Gasteiger partial charge on any atom is 0.226 e. The Hall–Kier alpha value is -3.17. The normalized spacial score (nSPS) is 24.3. The van der Waals surface area contributed by atoms with Gasteiger partial charge in [-0.25, -0.2) is 4.39 Å². The van der Waals surface area contributed by atoms with Gasteiger partial charge in [-0.15, -0.1) is 5.10 Å². The summed E-state index contributed by atoms with van der Waals surface area (Å²) in [5, 5.41) is 12.6. The Morgan fingerprint density at radius 1 is 1.21 bits per heavy atom. The molecule has 6 rings (SSSR count). The van der Waals surface area contributed by atoms with Crippen molar-refractivity contribution in [2.45, 2.75) is 64.6 Å². The number of nitrogens with zero attached hydrogens (tertiary/aromatic N) is 4. The molecule has 2 aromatic carbocycles. The number of hydrogen-bond donors (Lipinski definition) is 1. The van der Waals surface area contributed by atoms with E-state index in [1.54, 1.807) is 30.2 Å². The number of amides is 2. The van der Waals surface area contributed by atoms with Gasteiger partial charge in [0.1, 0.15) is 17.3 Å². The first-order valence-corrected chi connectivity index (χ1v) is 15.1. The van der Waals surface area contributed by atoms with Crippen LogP contribution in [-0.2, 0) is 16.1 Å². The minimum absolute atomic E-state index is 0.00622. The van der Waals surface area contributed by atoms with Crippen LogP contribution in [0.5, 0.6) is 5.75 Å². The van der Waals surface area contributed by atoms with Crippen molar-refractivity contribution in [3.05, 3.63) is 64.0 Å².